The van der Waals surface area contributed by atoms with Gasteiger partial charge in [-0.3, -0.25) is 0 Å². The molecule has 0 amide bonds. The van der Waals surface area contributed by atoms with E-state index in [1.807, 2.05) is 0 Å². The zero-order chi connectivity index (χ0) is 10.1. The summed E-state index contributed by atoms with van der Waals surface area (Å²) in [6.45, 7) is 4.38. The van der Waals surface area contributed by atoms with Gasteiger partial charge in [-0.05, 0) is 0 Å². The van der Waals surface area contributed by atoms with Crippen LogP contribution < -0.4 is 0 Å². The van der Waals surface area contributed by atoms with Gasteiger partial charge in [-0.25, -0.2) is 0 Å². The minimum atomic E-state index is -2.04. The van der Waals surface area contributed by atoms with Crippen LogP contribution in [0.1, 0.15) is 39.5 Å². The van der Waals surface area contributed by atoms with Crippen molar-refractivity contribution in [3.8, 4) is 0 Å². The standard InChI is InChI=1S/2C4H9.2ClH.O.2Sn.2H/c2*1-3-4-2;;;;;;;/h2*1,3-4H2,2H3;2*1H;;;;;/q;;;;;2*+1;;/p-2. The molecule has 2 atom stereocenters. The molecule has 0 saturated heterocycles. The third kappa shape index (κ3) is 10.4. The molecule has 1 nitrogen and oxygen atoms in total. The van der Waals surface area contributed by atoms with E-state index in [4.69, 9.17) is 19.3 Å². The van der Waals surface area contributed by atoms with Gasteiger partial charge < -0.3 is 0 Å². The molecule has 0 aliphatic rings. The van der Waals surface area contributed by atoms with Gasteiger partial charge >= 0.3 is 106 Å². The first kappa shape index (κ1) is 15.1. The first-order chi connectivity index (χ1) is 6.20. The normalized spacial score (nSPS) is 15.7. The van der Waals surface area contributed by atoms with Crippen molar-refractivity contribution in [3.05, 3.63) is 0 Å². The average molecular weight is 441 g/mol. The van der Waals surface area contributed by atoms with Gasteiger partial charge in [0.05, 0.1) is 0 Å². The number of hydrogen-bond acceptors (Lipinski definition) is 1. The van der Waals surface area contributed by atoms with E-state index in [0.29, 0.717) is 0 Å². The van der Waals surface area contributed by atoms with Crippen molar-refractivity contribution in [1.29, 1.82) is 0 Å². The predicted octanol–water partition coefficient (Wildman–Crippen LogP) is 3.52. The number of hydrogen-bond donors (Lipinski definition) is 0. The number of rotatable bonds is 8. The third-order valence-corrected chi connectivity index (χ3v) is 32.0. The second-order valence-electron chi connectivity index (χ2n) is 3.24. The first-order valence-corrected chi connectivity index (χ1v) is 20.8. The Morgan fingerprint density at radius 1 is 0.923 bits per heavy atom. The molecule has 0 N–H and O–H groups in total. The van der Waals surface area contributed by atoms with Crippen LogP contribution in [0.2, 0.25) is 8.87 Å². The molecule has 13 heavy (non-hydrogen) atoms. The first-order valence-electron chi connectivity index (χ1n) is 5.14. The zero-order valence-corrected chi connectivity index (χ0v) is 16.7. The Labute approximate surface area is 105 Å². The van der Waals surface area contributed by atoms with Gasteiger partial charge in [-0.1, -0.05) is 0 Å². The molecule has 0 aromatic carbocycles. The van der Waals surface area contributed by atoms with Crippen LogP contribution >= 0.6 is 17.8 Å². The molecule has 80 valence electrons. The predicted molar refractivity (Wildman–Crippen MR) is 66.5 cm³/mol. The number of halogens is 2. The Kier molecular flexibility index (Phi) is 12.4. The van der Waals surface area contributed by atoms with Crippen molar-refractivity contribution in [2.45, 2.75) is 48.4 Å². The Bertz CT molecular complexity index is 104. The van der Waals surface area contributed by atoms with Gasteiger partial charge in [0.15, 0.2) is 0 Å². The Hall–Kier alpha value is 2.14. The van der Waals surface area contributed by atoms with Gasteiger partial charge in [-0.2, -0.15) is 0 Å². The summed E-state index contributed by atoms with van der Waals surface area (Å²) in [7, 11) is 12.4. The average Bonchev–Trinajstić information content (AvgIpc) is 2.11. The molecule has 2 unspecified atom stereocenters. The van der Waals surface area contributed by atoms with E-state index in [9.17, 15) is 0 Å². The molecular weight excluding hydrogens is 420 g/mol. The zero-order valence-electron chi connectivity index (χ0n) is 8.56. The van der Waals surface area contributed by atoms with Crippen LogP contribution in [0, 0.1) is 0 Å². The summed E-state index contributed by atoms with van der Waals surface area (Å²) < 4.78 is 8.12. The SMILES string of the molecule is CCC[CH2][SnH]([Cl])[O][SnH]([Cl])[CH2]CCC. The Balaban J connectivity index is 3.35. The van der Waals surface area contributed by atoms with E-state index in [0.717, 1.165) is 8.87 Å². The van der Waals surface area contributed by atoms with Gasteiger partial charge in [0.25, 0.3) is 0 Å². The van der Waals surface area contributed by atoms with Crippen LogP contribution in [-0.4, -0.2) is 38.1 Å². The summed E-state index contributed by atoms with van der Waals surface area (Å²) in [6.07, 6.45) is 4.91. The van der Waals surface area contributed by atoms with Crippen LogP contribution in [0.5, 0.6) is 0 Å². The molecule has 5 heteroatoms. The fourth-order valence-electron chi connectivity index (χ4n) is 1.03. The van der Waals surface area contributed by atoms with Gasteiger partial charge in [-0.15, -0.1) is 0 Å². The molecule has 0 heterocycles. The quantitative estimate of drug-likeness (QED) is 0.525. The van der Waals surface area contributed by atoms with Crippen LogP contribution in [0.15, 0.2) is 0 Å². The van der Waals surface area contributed by atoms with Crippen LogP contribution in [0.25, 0.3) is 0 Å². The second-order valence-corrected chi connectivity index (χ2v) is 23.7. The summed E-state index contributed by atoms with van der Waals surface area (Å²) >= 11 is -4.07. The molecule has 0 saturated carbocycles. The molecule has 0 aromatic rings. The van der Waals surface area contributed by atoms with Crippen molar-refractivity contribution >= 4 is 55.9 Å². The van der Waals surface area contributed by atoms with E-state index in [-0.39, 0.29) is 0 Å². The molecule has 0 spiro atoms. The van der Waals surface area contributed by atoms with E-state index in [1.54, 1.807) is 0 Å². The van der Waals surface area contributed by atoms with Crippen molar-refractivity contribution in [2.24, 2.45) is 0 Å². The second kappa shape index (κ2) is 10.6. The molecule has 0 bridgehead atoms. The third-order valence-electron chi connectivity index (χ3n) is 1.86. The maximum atomic E-state index is 6.19. The van der Waals surface area contributed by atoms with E-state index in [1.165, 1.54) is 25.7 Å². The molecule has 0 rings (SSSR count). The topological polar surface area (TPSA) is 9.23 Å². The molecule has 0 fully saturated rings. The summed E-state index contributed by atoms with van der Waals surface area (Å²) in [5, 5.41) is 0. The van der Waals surface area contributed by atoms with Crippen molar-refractivity contribution in [3.63, 3.8) is 0 Å². The Morgan fingerprint density at radius 2 is 1.31 bits per heavy atom. The maximum absolute atomic E-state index is 6.19. The minimum absolute atomic E-state index is 1.16. The van der Waals surface area contributed by atoms with E-state index >= 15 is 0 Å². The van der Waals surface area contributed by atoms with Crippen molar-refractivity contribution < 1.29 is 1.41 Å². The van der Waals surface area contributed by atoms with E-state index < -0.39 is 38.1 Å². The molecule has 0 radical (unpaired) electrons. The van der Waals surface area contributed by atoms with Gasteiger partial charge in [0.1, 0.15) is 0 Å². The van der Waals surface area contributed by atoms with Crippen LogP contribution in [0.4, 0.5) is 0 Å². The molecule has 0 aliphatic heterocycles. The van der Waals surface area contributed by atoms with Crippen LogP contribution in [0.3, 0.4) is 0 Å². The fraction of sp³-hybridized carbons (Fsp3) is 1.00. The van der Waals surface area contributed by atoms with Gasteiger partial charge in [0, 0.05) is 0 Å². The Morgan fingerprint density at radius 3 is 1.62 bits per heavy atom. The summed E-state index contributed by atoms with van der Waals surface area (Å²) in [5.74, 6) is 0. The summed E-state index contributed by atoms with van der Waals surface area (Å²) in [5.41, 5.74) is 0. The van der Waals surface area contributed by atoms with Crippen molar-refractivity contribution in [1.82, 2.24) is 0 Å². The summed E-state index contributed by atoms with van der Waals surface area (Å²) in [4.78, 5) is 0. The van der Waals surface area contributed by atoms with Crippen LogP contribution in [-0.2, 0) is 1.41 Å². The molecule has 0 aromatic heterocycles. The fourth-order valence-corrected chi connectivity index (χ4v) is 33.8. The monoisotopic (exact) mass is 442 g/mol. The number of unbranched alkanes of at least 4 members (excludes halogenated alkanes) is 2. The molecule has 0 aliphatic carbocycles. The molecular formula is C8H20Cl2OSn2. The van der Waals surface area contributed by atoms with Gasteiger partial charge in [0.2, 0.25) is 0 Å². The van der Waals surface area contributed by atoms with E-state index in [2.05, 4.69) is 13.8 Å². The summed E-state index contributed by atoms with van der Waals surface area (Å²) in [6, 6.07) is 0. The van der Waals surface area contributed by atoms with Crippen molar-refractivity contribution in [2.75, 3.05) is 0 Å².